The summed E-state index contributed by atoms with van der Waals surface area (Å²) in [6, 6.07) is 22.6. The maximum atomic E-state index is 13.6. The van der Waals surface area contributed by atoms with Gasteiger partial charge in [-0.3, -0.25) is 15.2 Å². The molecule has 9 heteroatoms. The lowest BCUT2D eigenvalue weighted by Gasteiger charge is -2.29. The third-order valence-corrected chi connectivity index (χ3v) is 8.59. The first-order valence-corrected chi connectivity index (χ1v) is 14.2. The number of sulfonamides is 1. The maximum Gasteiger partial charge on any atom is 0.241 e. The van der Waals surface area contributed by atoms with Crippen molar-refractivity contribution in [1.29, 1.82) is 5.41 Å². The second-order valence-corrected chi connectivity index (χ2v) is 11.5. The van der Waals surface area contributed by atoms with Gasteiger partial charge in [-0.15, -0.1) is 0 Å². The Morgan fingerprint density at radius 1 is 0.947 bits per heavy atom. The van der Waals surface area contributed by atoms with Gasteiger partial charge in [-0.2, -0.15) is 4.72 Å². The fraction of sp³-hybridized carbons (Fsp3) is 0.310. The van der Waals surface area contributed by atoms with Gasteiger partial charge >= 0.3 is 0 Å². The molecule has 1 fully saturated rings. The number of hydrogen-bond acceptors (Lipinski definition) is 5. The average molecular weight is 534 g/mol. The van der Waals surface area contributed by atoms with Crippen molar-refractivity contribution in [1.82, 2.24) is 14.6 Å². The van der Waals surface area contributed by atoms with Crippen molar-refractivity contribution in [2.75, 3.05) is 14.1 Å². The zero-order chi connectivity index (χ0) is 27.3. The molecule has 200 valence electrons. The molecule has 0 bridgehead atoms. The van der Waals surface area contributed by atoms with Gasteiger partial charge in [-0.1, -0.05) is 79.6 Å². The SMILES string of the molecule is CN(N)C(=N)c1ccc(C[C@H](NS(=O)(=O)c2ccc(-c3ccccc3)cc2)C(=O)N(C)C2CCCC2)cc1. The maximum absolute atomic E-state index is 13.6. The summed E-state index contributed by atoms with van der Waals surface area (Å²) in [6.45, 7) is 0. The van der Waals surface area contributed by atoms with Crippen molar-refractivity contribution in [3.63, 3.8) is 0 Å². The molecule has 0 aromatic heterocycles. The van der Waals surface area contributed by atoms with Crippen LogP contribution in [0.3, 0.4) is 0 Å². The quantitative estimate of drug-likeness (QED) is 0.167. The lowest BCUT2D eigenvalue weighted by atomic mass is 10.0. The van der Waals surface area contributed by atoms with Crippen molar-refractivity contribution < 1.29 is 13.2 Å². The minimum absolute atomic E-state index is 0.105. The molecular weight excluding hydrogens is 498 g/mol. The van der Waals surface area contributed by atoms with E-state index in [4.69, 9.17) is 11.3 Å². The van der Waals surface area contributed by atoms with Crippen LogP contribution in [-0.2, 0) is 21.2 Å². The fourth-order valence-corrected chi connectivity index (χ4v) is 6.04. The third-order valence-electron chi connectivity index (χ3n) is 7.11. The number of hydrazine groups is 1. The van der Waals surface area contributed by atoms with Crippen molar-refractivity contribution in [3.05, 3.63) is 90.0 Å². The van der Waals surface area contributed by atoms with Crippen LogP contribution in [0.15, 0.2) is 83.8 Å². The molecule has 0 radical (unpaired) electrons. The van der Waals surface area contributed by atoms with Crippen LogP contribution in [0.4, 0.5) is 0 Å². The average Bonchev–Trinajstić information content (AvgIpc) is 3.47. The highest BCUT2D eigenvalue weighted by atomic mass is 32.2. The molecule has 0 spiro atoms. The largest absolute Gasteiger partial charge is 0.341 e. The smallest absolute Gasteiger partial charge is 0.241 e. The van der Waals surface area contributed by atoms with Crippen LogP contribution in [0.1, 0.15) is 36.8 Å². The second kappa shape index (κ2) is 11.9. The predicted octanol–water partition coefficient (Wildman–Crippen LogP) is 3.78. The minimum Gasteiger partial charge on any atom is -0.341 e. The molecular formula is C29H35N5O3S. The Bertz CT molecular complexity index is 1350. The molecule has 4 N–H and O–H groups in total. The highest BCUT2D eigenvalue weighted by Crippen LogP contribution is 2.25. The molecule has 1 aliphatic carbocycles. The Morgan fingerprint density at radius 3 is 2.11 bits per heavy atom. The highest BCUT2D eigenvalue weighted by molar-refractivity contribution is 7.89. The van der Waals surface area contributed by atoms with Gasteiger partial charge < -0.3 is 4.90 Å². The number of rotatable bonds is 9. The topological polar surface area (TPSA) is 120 Å². The number of nitrogens with zero attached hydrogens (tertiary/aromatic N) is 2. The molecule has 0 unspecified atom stereocenters. The fourth-order valence-electron chi connectivity index (χ4n) is 4.85. The van der Waals surface area contributed by atoms with Crippen molar-refractivity contribution in [2.45, 2.75) is 49.1 Å². The first-order valence-electron chi connectivity index (χ1n) is 12.8. The van der Waals surface area contributed by atoms with Gasteiger partial charge in [0.15, 0.2) is 0 Å². The Hall–Kier alpha value is -3.53. The number of nitrogens with one attached hydrogen (secondary N) is 2. The summed E-state index contributed by atoms with van der Waals surface area (Å²) >= 11 is 0. The van der Waals surface area contributed by atoms with E-state index in [0.717, 1.165) is 42.4 Å². The monoisotopic (exact) mass is 533 g/mol. The predicted molar refractivity (Wildman–Crippen MR) is 150 cm³/mol. The number of carbonyl (C=O) groups excluding carboxylic acids is 1. The van der Waals surface area contributed by atoms with Gasteiger partial charge in [0, 0.05) is 25.7 Å². The van der Waals surface area contributed by atoms with E-state index in [2.05, 4.69) is 4.72 Å². The molecule has 38 heavy (non-hydrogen) atoms. The summed E-state index contributed by atoms with van der Waals surface area (Å²) in [5.74, 6) is 5.58. The molecule has 0 saturated heterocycles. The van der Waals surface area contributed by atoms with Crippen LogP contribution in [0.5, 0.6) is 0 Å². The lowest BCUT2D eigenvalue weighted by molar-refractivity contribution is -0.133. The Labute approximate surface area is 225 Å². The summed E-state index contributed by atoms with van der Waals surface area (Å²) in [4.78, 5) is 15.4. The van der Waals surface area contributed by atoms with E-state index in [1.807, 2.05) is 30.3 Å². The molecule has 4 rings (SSSR count). The zero-order valence-corrected chi connectivity index (χ0v) is 22.6. The number of amides is 1. The van der Waals surface area contributed by atoms with Crippen LogP contribution >= 0.6 is 0 Å². The van der Waals surface area contributed by atoms with Gasteiger partial charge in [0.1, 0.15) is 11.9 Å². The van der Waals surface area contributed by atoms with E-state index in [1.54, 1.807) is 67.5 Å². The molecule has 1 atom stereocenters. The van der Waals surface area contributed by atoms with E-state index >= 15 is 0 Å². The normalized spacial score (nSPS) is 14.7. The standard InChI is InChI=1S/C29H35N5O3S/c1-33(25-10-6-7-11-25)29(35)27(20-21-12-14-24(15-13-21)28(30)34(2)31)32-38(36,37)26-18-16-23(17-19-26)22-8-4-3-5-9-22/h3-5,8-9,12-19,25,27,30,32H,6-7,10-11,20,31H2,1-2H3/t27-/m0/s1. The van der Waals surface area contributed by atoms with Gasteiger partial charge in [0.2, 0.25) is 15.9 Å². The summed E-state index contributed by atoms with van der Waals surface area (Å²) in [7, 11) is -0.620. The summed E-state index contributed by atoms with van der Waals surface area (Å²) < 4.78 is 29.5. The number of likely N-dealkylation sites (N-methyl/N-ethyl adjacent to an activating group) is 1. The summed E-state index contributed by atoms with van der Waals surface area (Å²) in [5, 5.41) is 9.27. The molecule has 8 nitrogen and oxygen atoms in total. The number of hydrogen-bond donors (Lipinski definition) is 3. The van der Waals surface area contributed by atoms with Gasteiger partial charge in [-0.05, 0) is 48.1 Å². The van der Waals surface area contributed by atoms with Gasteiger partial charge in [0.05, 0.1) is 4.90 Å². The first kappa shape index (κ1) is 27.5. The molecule has 3 aromatic rings. The van der Waals surface area contributed by atoms with Gasteiger partial charge in [-0.25, -0.2) is 14.3 Å². The van der Waals surface area contributed by atoms with Crippen molar-refractivity contribution in [3.8, 4) is 11.1 Å². The Morgan fingerprint density at radius 2 is 1.53 bits per heavy atom. The van der Waals surface area contributed by atoms with E-state index in [-0.39, 0.29) is 29.1 Å². The Balaban J connectivity index is 1.57. The Kier molecular flexibility index (Phi) is 8.61. The number of amidine groups is 1. The second-order valence-electron chi connectivity index (χ2n) is 9.81. The lowest BCUT2D eigenvalue weighted by Crippen LogP contribution is -2.50. The van der Waals surface area contributed by atoms with E-state index in [0.29, 0.717) is 5.56 Å². The molecule has 0 heterocycles. The number of benzene rings is 3. The van der Waals surface area contributed by atoms with Crippen molar-refractivity contribution >= 4 is 21.8 Å². The van der Waals surface area contributed by atoms with Crippen LogP contribution in [0.25, 0.3) is 11.1 Å². The highest BCUT2D eigenvalue weighted by Gasteiger charge is 2.32. The first-order chi connectivity index (χ1) is 18.2. The van der Waals surface area contributed by atoms with E-state index in [9.17, 15) is 13.2 Å². The van der Waals surface area contributed by atoms with Crippen molar-refractivity contribution in [2.24, 2.45) is 5.84 Å². The minimum atomic E-state index is -3.97. The van der Waals surface area contributed by atoms with Crippen LogP contribution in [0, 0.1) is 5.41 Å². The molecule has 1 amide bonds. The summed E-state index contributed by atoms with van der Waals surface area (Å²) in [6.07, 6.45) is 4.16. The summed E-state index contributed by atoms with van der Waals surface area (Å²) in [5.41, 5.74) is 3.31. The number of nitrogens with two attached hydrogens (primary N) is 1. The number of carbonyl (C=O) groups is 1. The van der Waals surface area contributed by atoms with Crippen LogP contribution < -0.4 is 10.6 Å². The molecule has 3 aromatic carbocycles. The van der Waals surface area contributed by atoms with E-state index in [1.165, 1.54) is 5.01 Å². The third kappa shape index (κ3) is 6.48. The molecule has 1 aliphatic rings. The molecule has 0 aliphatic heterocycles. The van der Waals surface area contributed by atoms with Gasteiger partial charge in [0.25, 0.3) is 0 Å². The molecule has 1 saturated carbocycles. The van der Waals surface area contributed by atoms with E-state index < -0.39 is 16.1 Å². The van der Waals surface area contributed by atoms with Crippen LogP contribution in [0.2, 0.25) is 0 Å². The zero-order valence-electron chi connectivity index (χ0n) is 21.8. The van der Waals surface area contributed by atoms with Crippen LogP contribution in [-0.4, -0.2) is 56.2 Å².